The van der Waals surface area contributed by atoms with Gasteiger partial charge in [0.1, 0.15) is 0 Å². The average Bonchev–Trinajstić information content (AvgIpc) is 2.91. The molecule has 1 amide bonds. The average molecular weight is 224 g/mol. The van der Waals surface area contributed by atoms with Crippen LogP contribution in [-0.4, -0.2) is 36.5 Å². The molecule has 0 radical (unpaired) electrons. The summed E-state index contributed by atoms with van der Waals surface area (Å²) in [5.41, 5.74) is -0.0569. The highest BCUT2D eigenvalue weighted by Crippen LogP contribution is 2.39. The van der Waals surface area contributed by atoms with Gasteiger partial charge in [-0.15, -0.1) is 0 Å². The quantitative estimate of drug-likeness (QED) is 0.792. The number of carbonyl (C=O) groups excluding carboxylic acids is 1. The molecule has 2 rings (SSSR count). The second kappa shape index (κ2) is 4.74. The number of carbonyl (C=O) groups is 1. The molecule has 1 aliphatic heterocycles. The van der Waals surface area contributed by atoms with Crippen LogP contribution in [0.5, 0.6) is 0 Å². The lowest BCUT2D eigenvalue weighted by Crippen LogP contribution is -2.47. The minimum Gasteiger partial charge on any atom is -0.338 e. The smallest absolute Gasteiger partial charge is 0.228 e. The van der Waals surface area contributed by atoms with Gasteiger partial charge in [-0.2, -0.15) is 0 Å². The first-order chi connectivity index (χ1) is 7.67. The van der Waals surface area contributed by atoms with Gasteiger partial charge in [0.15, 0.2) is 0 Å². The Balaban J connectivity index is 2.05. The minimum atomic E-state index is -0.0569. The maximum absolute atomic E-state index is 12.6. The lowest BCUT2D eigenvalue weighted by atomic mass is 9.86. The van der Waals surface area contributed by atoms with Crippen LogP contribution >= 0.6 is 0 Å². The fourth-order valence-electron chi connectivity index (χ4n) is 3.19. The van der Waals surface area contributed by atoms with Gasteiger partial charge < -0.3 is 10.2 Å². The van der Waals surface area contributed by atoms with Crippen LogP contribution < -0.4 is 5.32 Å². The van der Waals surface area contributed by atoms with Crippen molar-refractivity contribution in [2.75, 3.05) is 19.6 Å². The Morgan fingerprint density at radius 2 is 2.12 bits per heavy atom. The van der Waals surface area contributed by atoms with Crippen molar-refractivity contribution in [1.82, 2.24) is 10.2 Å². The molecule has 3 heteroatoms. The summed E-state index contributed by atoms with van der Waals surface area (Å²) in [5, 5.41) is 3.35. The van der Waals surface area contributed by atoms with Crippen LogP contribution in [0, 0.1) is 5.41 Å². The van der Waals surface area contributed by atoms with Gasteiger partial charge in [-0.3, -0.25) is 4.79 Å². The molecule has 1 atom stereocenters. The highest BCUT2D eigenvalue weighted by molar-refractivity contribution is 5.83. The van der Waals surface area contributed by atoms with E-state index < -0.39 is 0 Å². The van der Waals surface area contributed by atoms with E-state index in [2.05, 4.69) is 24.1 Å². The van der Waals surface area contributed by atoms with E-state index in [9.17, 15) is 4.79 Å². The maximum atomic E-state index is 12.6. The number of rotatable bonds is 3. The molecule has 1 unspecified atom stereocenters. The number of amides is 1. The Bertz CT molecular complexity index is 253. The number of likely N-dealkylation sites (N-methyl/N-ethyl adjacent to an activating group) is 1. The van der Waals surface area contributed by atoms with Gasteiger partial charge in [0.05, 0.1) is 0 Å². The van der Waals surface area contributed by atoms with Crippen molar-refractivity contribution in [2.45, 2.75) is 52.0 Å². The molecule has 16 heavy (non-hydrogen) atoms. The van der Waals surface area contributed by atoms with Crippen molar-refractivity contribution in [3.8, 4) is 0 Å². The molecule has 2 fully saturated rings. The zero-order chi connectivity index (χ0) is 11.6. The molecule has 0 aromatic carbocycles. The van der Waals surface area contributed by atoms with E-state index in [0.717, 1.165) is 38.9 Å². The fraction of sp³-hybridized carbons (Fsp3) is 0.923. The van der Waals surface area contributed by atoms with Gasteiger partial charge in [-0.05, 0) is 32.7 Å². The summed E-state index contributed by atoms with van der Waals surface area (Å²) >= 11 is 0. The number of hydrogen-bond acceptors (Lipinski definition) is 2. The monoisotopic (exact) mass is 224 g/mol. The van der Waals surface area contributed by atoms with Crippen LogP contribution in [0.4, 0.5) is 0 Å². The summed E-state index contributed by atoms with van der Waals surface area (Å²) in [6.45, 7) is 7.17. The zero-order valence-electron chi connectivity index (χ0n) is 10.6. The molecule has 0 bridgehead atoms. The van der Waals surface area contributed by atoms with Crippen LogP contribution in [0.3, 0.4) is 0 Å². The van der Waals surface area contributed by atoms with Crippen LogP contribution in [0.2, 0.25) is 0 Å². The first-order valence-corrected chi connectivity index (χ1v) is 6.69. The summed E-state index contributed by atoms with van der Waals surface area (Å²) in [5.74, 6) is 0.404. The normalized spacial score (nSPS) is 28.2. The topological polar surface area (TPSA) is 32.3 Å². The Hall–Kier alpha value is -0.570. The number of nitrogens with one attached hydrogen (secondary N) is 1. The van der Waals surface area contributed by atoms with Crippen LogP contribution in [0.25, 0.3) is 0 Å². The Morgan fingerprint density at radius 1 is 1.44 bits per heavy atom. The SMILES string of the molecule is CCN(C(=O)C1(C)CCCC1)C1CCNC1. The van der Waals surface area contributed by atoms with E-state index in [1.807, 2.05) is 0 Å². The lowest BCUT2D eigenvalue weighted by Gasteiger charge is -2.34. The third-order valence-corrected chi connectivity index (χ3v) is 4.30. The van der Waals surface area contributed by atoms with E-state index >= 15 is 0 Å². The molecule has 1 heterocycles. The molecule has 2 aliphatic rings. The summed E-state index contributed by atoms with van der Waals surface area (Å²) in [6, 6.07) is 0.440. The summed E-state index contributed by atoms with van der Waals surface area (Å²) in [6.07, 6.45) is 5.74. The van der Waals surface area contributed by atoms with Crippen molar-refractivity contribution < 1.29 is 4.79 Å². The van der Waals surface area contributed by atoms with E-state index in [4.69, 9.17) is 0 Å². The fourth-order valence-corrected chi connectivity index (χ4v) is 3.19. The standard InChI is InChI=1S/C13H24N2O/c1-3-15(11-6-9-14-10-11)12(16)13(2)7-4-5-8-13/h11,14H,3-10H2,1-2H3. The number of nitrogens with zero attached hydrogens (tertiary/aromatic N) is 1. The minimum absolute atomic E-state index is 0.0569. The molecule has 1 aliphatic carbocycles. The third kappa shape index (κ3) is 2.10. The van der Waals surface area contributed by atoms with Crippen molar-refractivity contribution in [2.24, 2.45) is 5.41 Å². The summed E-state index contributed by atoms with van der Waals surface area (Å²) in [4.78, 5) is 14.7. The van der Waals surface area contributed by atoms with E-state index in [1.54, 1.807) is 0 Å². The second-order valence-electron chi connectivity index (χ2n) is 5.51. The van der Waals surface area contributed by atoms with Crippen molar-refractivity contribution in [3.63, 3.8) is 0 Å². The molecule has 0 spiro atoms. The summed E-state index contributed by atoms with van der Waals surface area (Å²) < 4.78 is 0. The van der Waals surface area contributed by atoms with Gasteiger partial charge in [0.25, 0.3) is 0 Å². The molecule has 1 N–H and O–H groups in total. The van der Waals surface area contributed by atoms with Gasteiger partial charge in [-0.25, -0.2) is 0 Å². The van der Waals surface area contributed by atoms with Gasteiger partial charge in [0, 0.05) is 24.5 Å². The Labute approximate surface area is 98.6 Å². The second-order valence-corrected chi connectivity index (χ2v) is 5.51. The maximum Gasteiger partial charge on any atom is 0.228 e. The van der Waals surface area contributed by atoms with Crippen molar-refractivity contribution >= 4 is 5.91 Å². The van der Waals surface area contributed by atoms with E-state index in [0.29, 0.717) is 11.9 Å². The molecule has 1 saturated carbocycles. The molecular formula is C13H24N2O. The zero-order valence-corrected chi connectivity index (χ0v) is 10.6. The molecule has 0 aromatic rings. The van der Waals surface area contributed by atoms with Crippen LogP contribution in [-0.2, 0) is 4.79 Å². The van der Waals surface area contributed by atoms with Crippen molar-refractivity contribution in [1.29, 1.82) is 0 Å². The Kier molecular flexibility index (Phi) is 3.53. The van der Waals surface area contributed by atoms with Gasteiger partial charge >= 0.3 is 0 Å². The molecular weight excluding hydrogens is 200 g/mol. The predicted octanol–water partition coefficient (Wildman–Crippen LogP) is 1.78. The van der Waals surface area contributed by atoms with E-state index in [1.165, 1.54) is 12.8 Å². The number of hydrogen-bond donors (Lipinski definition) is 1. The van der Waals surface area contributed by atoms with Gasteiger partial charge in [-0.1, -0.05) is 19.8 Å². The molecule has 1 saturated heterocycles. The third-order valence-electron chi connectivity index (χ3n) is 4.30. The molecule has 3 nitrogen and oxygen atoms in total. The van der Waals surface area contributed by atoms with E-state index in [-0.39, 0.29) is 5.41 Å². The largest absolute Gasteiger partial charge is 0.338 e. The van der Waals surface area contributed by atoms with Crippen LogP contribution in [0.15, 0.2) is 0 Å². The van der Waals surface area contributed by atoms with Crippen molar-refractivity contribution in [3.05, 3.63) is 0 Å². The molecule has 92 valence electrons. The lowest BCUT2D eigenvalue weighted by molar-refractivity contribution is -0.142. The predicted molar refractivity (Wildman–Crippen MR) is 65.2 cm³/mol. The first-order valence-electron chi connectivity index (χ1n) is 6.69. The highest BCUT2D eigenvalue weighted by atomic mass is 16.2. The highest BCUT2D eigenvalue weighted by Gasteiger charge is 2.40. The van der Waals surface area contributed by atoms with Crippen LogP contribution in [0.1, 0.15) is 46.0 Å². The molecule has 0 aromatic heterocycles. The Morgan fingerprint density at radius 3 is 2.62 bits per heavy atom. The first kappa shape index (κ1) is 11.9. The summed E-state index contributed by atoms with van der Waals surface area (Å²) in [7, 11) is 0. The van der Waals surface area contributed by atoms with Gasteiger partial charge in [0.2, 0.25) is 5.91 Å².